The molecule has 4 rings (SSSR count). The van der Waals surface area contributed by atoms with E-state index in [-0.39, 0.29) is 36.0 Å². The monoisotopic (exact) mass is 573 g/mol. The maximum Gasteiger partial charge on any atom is 0.434 e. The lowest BCUT2D eigenvalue weighted by atomic mass is 10.1. The average molecular weight is 574 g/mol. The first-order valence-electron chi connectivity index (χ1n) is 11.0. The number of pyridine rings is 1. The van der Waals surface area contributed by atoms with Crippen LogP contribution in [0.4, 0.5) is 13.2 Å². The molecule has 4 aromatic rings. The molecule has 2 aromatic carbocycles. The topological polar surface area (TPSA) is 83.3 Å². The van der Waals surface area contributed by atoms with Gasteiger partial charge in [-0.05, 0) is 48.9 Å². The summed E-state index contributed by atoms with van der Waals surface area (Å²) in [5.41, 5.74) is -0.286. The number of hydrogen-bond donors (Lipinski definition) is 0. The number of halogens is 4. The number of hydrogen-bond acceptors (Lipinski definition) is 6. The summed E-state index contributed by atoms with van der Waals surface area (Å²) < 4.78 is 54.0. The zero-order chi connectivity index (χ0) is 26.6. The van der Waals surface area contributed by atoms with E-state index in [2.05, 4.69) is 26.0 Å². The molecule has 0 radical (unpaired) electrons. The highest BCUT2D eigenvalue weighted by Gasteiger charge is 2.41. The number of esters is 1. The van der Waals surface area contributed by atoms with Crippen molar-refractivity contribution in [1.82, 2.24) is 14.8 Å². The van der Waals surface area contributed by atoms with E-state index in [4.69, 9.17) is 9.47 Å². The normalized spacial score (nSPS) is 11.3. The van der Waals surface area contributed by atoms with Gasteiger partial charge in [-0.3, -0.25) is 4.79 Å². The van der Waals surface area contributed by atoms with Crippen LogP contribution in [0, 0.1) is 0 Å². The third-order valence-electron chi connectivity index (χ3n) is 5.23. The van der Waals surface area contributed by atoms with Crippen molar-refractivity contribution in [3.8, 4) is 22.8 Å². The number of alkyl halides is 3. The molecule has 2 heterocycles. The molecule has 11 heteroatoms. The fourth-order valence-corrected chi connectivity index (χ4v) is 3.86. The van der Waals surface area contributed by atoms with Gasteiger partial charge >= 0.3 is 12.1 Å². The zero-order valence-electron chi connectivity index (χ0n) is 19.3. The lowest BCUT2D eigenvalue weighted by Gasteiger charge is -2.15. The van der Waals surface area contributed by atoms with Crippen molar-refractivity contribution in [3.63, 3.8) is 0 Å². The van der Waals surface area contributed by atoms with Crippen LogP contribution in [0.1, 0.15) is 38.9 Å². The first kappa shape index (κ1) is 26.1. The van der Waals surface area contributed by atoms with Crippen molar-refractivity contribution in [2.24, 2.45) is 0 Å². The van der Waals surface area contributed by atoms with E-state index < -0.39 is 23.4 Å². The Morgan fingerprint density at radius 2 is 1.81 bits per heavy atom. The molecule has 0 bridgehead atoms. The largest absolute Gasteiger partial charge is 0.487 e. The van der Waals surface area contributed by atoms with Crippen LogP contribution in [-0.2, 0) is 17.5 Å². The van der Waals surface area contributed by atoms with Gasteiger partial charge in [0.2, 0.25) is 0 Å². The summed E-state index contributed by atoms with van der Waals surface area (Å²) in [6.07, 6.45) is -3.48. The minimum absolute atomic E-state index is 0.0921. The molecule has 190 valence electrons. The number of aldehydes is 1. The Labute approximate surface area is 218 Å². The van der Waals surface area contributed by atoms with Gasteiger partial charge in [0, 0.05) is 10.0 Å². The fourth-order valence-electron chi connectivity index (χ4n) is 3.59. The van der Waals surface area contributed by atoms with E-state index in [1.165, 1.54) is 19.1 Å². The number of ether oxygens (including phenoxy) is 2. The molecule has 0 atom stereocenters. The van der Waals surface area contributed by atoms with E-state index in [0.29, 0.717) is 16.5 Å². The minimum Gasteiger partial charge on any atom is -0.487 e. The van der Waals surface area contributed by atoms with E-state index >= 15 is 0 Å². The predicted molar refractivity (Wildman–Crippen MR) is 132 cm³/mol. The molecule has 0 unspecified atom stereocenters. The molecule has 0 amide bonds. The standard InChI is InChI=1S/C26H19BrF3N3O4/c1-2-36-25(35)20-13-31-33(24(20)26(28,29)30)22-8-4-7-21(32-22)19-6-3-5-17(14-34)23(19)37-15-16-9-11-18(27)12-10-16/h3-14H,2,15H2,1H3. The van der Waals surface area contributed by atoms with Gasteiger partial charge in [0.25, 0.3) is 0 Å². The fraction of sp³-hybridized carbons (Fsp3) is 0.154. The molecule has 0 fully saturated rings. The van der Waals surface area contributed by atoms with Gasteiger partial charge in [0.05, 0.1) is 24.1 Å². The predicted octanol–water partition coefficient (Wildman–Crippen LogP) is 6.28. The Morgan fingerprint density at radius 3 is 2.49 bits per heavy atom. The summed E-state index contributed by atoms with van der Waals surface area (Å²) in [7, 11) is 0. The summed E-state index contributed by atoms with van der Waals surface area (Å²) >= 11 is 3.37. The lowest BCUT2D eigenvalue weighted by molar-refractivity contribution is -0.143. The van der Waals surface area contributed by atoms with E-state index in [9.17, 15) is 22.8 Å². The zero-order valence-corrected chi connectivity index (χ0v) is 20.9. The number of para-hydroxylation sites is 1. The van der Waals surface area contributed by atoms with Crippen molar-refractivity contribution >= 4 is 28.2 Å². The second kappa shape index (κ2) is 11.0. The Balaban J connectivity index is 1.76. The maximum atomic E-state index is 13.9. The molecule has 0 aliphatic carbocycles. The van der Waals surface area contributed by atoms with Crippen LogP contribution in [0.25, 0.3) is 17.1 Å². The van der Waals surface area contributed by atoms with E-state index in [1.54, 1.807) is 24.3 Å². The van der Waals surface area contributed by atoms with Gasteiger partial charge in [-0.2, -0.15) is 18.3 Å². The number of benzene rings is 2. The Bertz CT molecular complexity index is 1440. The first-order chi connectivity index (χ1) is 17.7. The summed E-state index contributed by atoms with van der Waals surface area (Å²) in [6, 6.07) is 16.6. The van der Waals surface area contributed by atoms with Crippen molar-refractivity contribution in [2.45, 2.75) is 19.7 Å². The van der Waals surface area contributed by atoms with Crippen molar-refractivity contribution in [2.75, 3.05) is 6.61 Å². The third-order valence-corrected chi connectivity index (χ3v) is 5.76. The molecule has 0 saturated carbocycles. The van der Waals surface area contributed by atoms with Crippen LogP contribution in [-0.4, -0.2) is 33.6 Å². The minimum atomic E-state index is -4.91. The highest BCUT2D eigenvalue weighted by Crippen LogP contribution is 2.36. The molecular weight excluding hydrogens is 555 g/mol. The highest BCUT2D eigenvalue weighted by molar-refractivity contribution is 9.10. The number of carbonyl (C=O) groups excluding carboxylic acids is 2. The highest BCUT2D eigenvalue weighted by atomic mass is 79.9. The molecule has 0 N–H and O–H groups in total. The van der Waals surface area contributed by atoms with E-state index in [0.717, 1.165) is 16.2 Å². The number of carbonyl (C=O) groups is 2. The van der Waals surface area contributed by atoms with Gasteiger partial charge in [0.1, 0.15) is 17.9 Å². The molecule has 0 spiro atoms. The van der Waals surface area contributed by atoms with Crippen LogP contribution in [0.5, 0.6) is 5.75 Å². The van der Waals surface area contributed by atoms with Gasteiger partial charge in [-0.15, -0.1) is 0 Å². The summed E-state index contributed by atoms with van der Waals surface area (Å²) in [6.45, 7) is 1.54. The van der Waals surface area contributed by atoms with Gasteiger partial charge in [-0.1, -0.05) is 40.2 Å². The van der Waals surface area contributed by atoms with Crippen LogP contribution in [0.15, 0.2) is 71.3 Å². The van der Waals surface area contributed by atoms with Gasteiger partial charge in [0.15, 0.2) is 17.8 Å². The van der Waals surface area contributed by atoms with Gasteiger partial charge in [-0.25, -0.2) is 14.5 Å². The Kier molecular flexibility index (Phi) is 7.72. The molecule has 37 heavy (non-hydrogen) atoms. The van der Waals surface area contributed by atoms with Crippen molar-refractivity contribution in [1.29, 1.82) is 0 Å². The molecule has 2 aromatic heterocycles. The summed E-state index contributed by atoms with van der Waals surface area (Å²) in [4.78, 5) is 28.2. The number of aromatic nitrogens is 3. The van der Waals surface area contributed by atoms with Crippen LogP contribution >= 0.6 is 15.9 Å². The average Bonchev–Trinajstić information content (AvgIpc) is 3.35. The smallest absolute Gasteiger partial charge is 0.434 e. The van der Waals surface area contributed by atoms with Crippen LogP contribution in [0.2, 0.25) is 0 Å². The van der Waals surface area contributed by atoms with Crippen molar-refractivity contribution in [3.05, 3.63) is 93.7 Å². The molecular formula is C26H19BrF3N3O4. The summed E-state index contributed by atoms with van der Waals surface area (Å²) in [5, 5.41) is 3.77. The van der Waals surface area contributed by atoms with Crippen molar-refractivity contribution < 1.29 is 32.2 Å². The molecule has 0 aliphatic heterocycles. The molecule has 0 saturated heterocycles. The Hall–Kier alpha value is -3.99. The van der Waals surface area contributed by atoms with Gasteiger partial charge < -0.3 is 9.47 Å². The second-order valence-electron chi connectivity index (χ2n) is 7.67. The SMILES string of the molecule is CCOC(=O)c1cnn(-c2cccc(-c3cccc(C=O)c3OCc3ccc(Br)cc3)n2)c1C(F)(F)F. The second-order valence-corrected chi connectivity index (χ2v) is 8.59. The Morgan fingerprint density at radius 1 is 1.08 bits per heavy atom. The third kappa shape index (κ3) is 5.72. The first-order valence-corrected chi connectivity index (χ1v) is 11.8. The quantitative estimate of drug-likeness (QED) is 0.182. The van der Waals surface area contributed by atoms with Crippen LogP contribution in [0.3, 0.4) is 0 Å². The maximum absolute atomic E-state index is 13.9. The lowest BCUT2D eigenvalue weighted by Crippen LogP contribution is -2.19. The molecule has 7 nitrogen and oxygen atoms in total. The number of rotatable bonds is 8. The molecule has 0 aliphatic rings. The summed E-state index contributed by atoms with van der Waals surface area (Å²) in [5.74, 6) is -1.09. The number of nitrogens with zero attached hydrogens (tertiary/aromatic N) is 3. The van der Waals surface area contributed by atoms with E-state index in [1.807, 2.05) is 24.3 Å². The van der Waals surface area contributed by atoms with Crippen LogP contribution < -0.4 is 4.74 Å².